The van der Waals surface area contributed by atoms with Crippen molar-refractivity contribution >= 4 is 23.5 Å². The molecule has 0 fully saturated rings. The first-order valence-electron chi connectivity index (χ1n) is 6.31. The maximum Gasteiger partial charge on any atom is 0.235 e. The number of aromatic nitrogens is 1. The van der Waals surface area contributed by atoms with Crippen LogP contribution in [0.4, 0.5) is 5.82 Å². The van der Waals surface area contributed by atoms with Gasteiger partial charge in [0.1, 0.15) is 12.4 Å². The van der Waals surface area contributed by atoms with E-state index in [0.29, 0.717) is 17.1 Å². The summed E-state index contributed by atoms with van der Waals surface area (Å²) in [4.78, 5) is 17.0. The van der Waals surface area contributed by atoms with Gasteiger partial charge in [0.15, 0.2) is 0 Å². The van der Waals surface area contributed by atoms with E-state index in [1.54, 1.807) is 18.3 Å². The van der Waals surface area contributed by atoms with Crippen LogP contribution in [-0.4, -0.2) is 28.4 Å². The standard InChI is InChI=1S/C16H14N2O2S/c19-10-4-5-13-8-9-17-15(11-13)18-16(20)12-21-14-6-2-1-3-7-14/h1-3,6-9,11,19H,10,12H2,(H,17,18,20). The molecule has 0 saturated carbocycles. The molecule has 0 aliphatic heterocycles. The number of pyridine rings is 1. The molecule has 5 heteroatoms. The number of benzene rings is 1. The second kappa shape index (κ2) is 8.10. The minimum Gasteiger partial charge on any atom is -0.384 e. The Kier molecular flexibility index (Phi) is 5.83. The van der Waals surface area contributed by atoms with Crippen LogP contribution in [-0.2, 0) is 4.79 Å². The van der Waals surface area contributed by atoms with Crippen LogP contribution in [0, 0.1) is 11.8 Å². The van der Waals surface area contributed by atoms with Gasteiger partial charge in [-0.3, -0.25) is 4.79 Å². The molecule has 0 spiro atoms. The van der Waals surface area contributed by atoms with Gasteiger partial charge in [-0.25, -0.2) is 4.98 Å². The fraction of sp³-hybridized carbons (Fsp3) is 0.125. The van der Waals surface area contributed by atoms with E-state index in [1.807, 2.05) is 30.3 Å². The van der Waals surface area contributed by atoms with Gasteiger partial charge in [0, 0.05) is 16.7 Å². The third kappa shape index (κ3) is 5.30. The minimum atomic E-state index is -0.197. The van der Waals surface area contributed by atoms with Gasteiger partial charge in [0.25, 0.3) is 0 Å². The van der Waals surface area contributed by atoms with Crippen LogP contribution in [0.15, 0.2) is 53.6 Å². The number of amides is 1. The van der Waals surface area contributed by atoms with Crippen LogP contribution in [0.3, 0.4) is 0 Å². The van der Waals surface area contributed by atoms with Crippen molar-refractivity contribution in [3.63, 3.8) is 0 Å². The molecule has 106 valence electrons. The van der Waals surface area contributed by atoms with E-state index >= 15 is 0 Å². The zero-order chi connectivity index (χ0) is 14.9. The third-order valence-corrected chi connectivity index (χ3v) is 3.46. The summed E-state index contributed by atoms with van der Waals surface area (Å²) in [5, 5.41) is 11.4. The normalized spacial score (nSPS) is 9.57. The van der Waals surface area contributed by atoms with Gasteiger partial charge >= 0.3 is 0 Å². The number of nitrogens with zero attached hydrogens (tertiary/aromatic N) is 1. The van der Waals surface area contributed by atoms with Crippen LogP contribution in [0.25, 0.3) is 0 Å². The number of rotatable bonds is 4. The first-order chi connectivity index (χ1) is 10.3. The molecule has 21 heavy (non-hydrogen) atoms. The highest BCUT2D eigenvalue weighted by atomic mass is 32.2. The lowest BCUT2D eigenvalue weighted by molar-refractivity contribution is -0.113. The third-order valence-electron chi connectivity index (χ3n) is 2.45. The fourth-order valence-corrected chi connectivity index (χ4v) is 2.28. The number of aliphatic hydroxyl groups is 1. The first-order valence-corrected chi connectivity index (χ1v) is 7.30. The van der Waals surface area contributed by atoms with Crippen molar-refractivity contribution in [2.24, 2.45) is 0 Å². The number of carbonyl (C=O) groups excluding carboxylic acids is 1. The van der Waals surface area contributed by atoms with Gasteiger partial charge < -0.3 is 10.4 Å². The molecule has 1 aromatic heterocycles. The summed E-state index contributed by atoms with van der Waals surface area (Å²) in [6, 6.07) is 13.1. The molecular formula is C16H14N2O2S. The number of thioether (sulfide) groups is 1. The van der Waals surface area contributed by atoms with Crippen molar-refractivity contribution in [1.82, 2.24) is 4.98 Å². The van der Waals surface area contributed by atoms with Crippen molar-refractivity contribution < 1.29 is 9.90 Å². The summed E-state index contributed by atoms with van der Waals surface area (Å²) in [5.74, 6) is 5.97. The van der Waals surface area contributed by atoms with E-state index in [2.05, 4.69) is 22.1 Å². The van der Waals surface area contributed by atoms with E-state index in [-0.39, 0.29) is 12.5 Å². The number of hydrogen-bond acceptors (Lipinski definition) is 4. The highest BCUT2D eigenvalue weighted by Crippen LogP contribution is 2.17. The molecular weight excluding hydrogens is 284 g/mol. The predicted octanol–water partition coefficient (Wildman–Crippen LogP) is 2.16. The van der Waals surface area contributed by atoms with Crippen molar-refractivity contribution in [3.05, 3.63) is 54.2 Å². The lowest BCUT2D eigenvalue weighted by Gasteiger charge is -2.04. The molecule has 1 aromatic carbocycles. The maximum absolute atomic E-state index is 11.9. The quantitative estimate of drug-likeness (QED) is 0.671. The molecule has 1 heterocycles. The zero-order valence-electron chi connectivity index (χ0n) is 11.2. The molecule has 1 amide bonds. The SMILES string of the molecule is O=C(CSc1ccccc1)Nc1cc(C#CCO)ccn1. The van der Waals surface area contributed by atoms with Crippen molar-refractivity contribution in [3.8, 4) is 11.8 Å². The molecule has 2 aromatic rings. The van der Waals surface area contributed by atoms with E-state index in [9.17, 15) is 4.79 Å². The van der Waals surface area contributed by atoms with E-state index in [0.717, 1.165) is 4.90 Å². The van der Waals surface area contributed by atoms with Crippen LogP contribution in [0.1, 0.15) is 5.56 Å². The molecule has 0 aliphatic rings. The van der Waals surface area contributed by atoms with Gasteiger partial charge in [0.05, 0.1) is 5.75 Å². The van der Waals surface area contributed by atoms with Crippen molar-refractivity contribution in [2.45, 2.75) is 4.90 Å². The van der Waals surface area contributed by atoms with Gasteiger partial charge in [-0.05, 0) is 24.3 Å². The minimum absolute atomic E-state index is 0.122. The van der Waals surface area contributed by atoms with Crippen LogP contribution < -0.4 is 5.32 Å². The molecule has 0 saturated heterocycles. The van der Waals surface area contributed by atoms with E-state index in [1.165, 1.54) is 11.8 Å². The molecule has 2 rings (SSSR count). The van der Waals surface area contributed by atoms with Gasteiger partial charge in [-0.15, -0.1) is 11.8 Å². The topological polar surface area (TPSA) is 62.2 Å². The summed E-state index contributed by atoms with van der Waals surface area (Å²) < 4.78 is 0. The average Bonchev–Trinajstić information content (AvgIpc) is 2.52. The average molecular weight is 298 g/mol. The Morgan fingerprint density at radius 3 is 2.86 bits per heavy atom. The summed E-state index contributed by atoms with van der Waals surface area (Å²) in [7, 11) is 0. The van der Waals surface area contributed by atoms with E-state index < -0.39 is 0 Å². The van der Waals surface area contributed by atoms with Crippen LogP contribution in [0.5, 0.6) is 0 Å². The summed E-state index contributed by atoms with van der Waals surface area (Å²) in [5.41, 5.74) is 0.699. The summed E-state index contributed by atoms with van der Waals surface area (Å²) >= 11 is 1.47. The molecule has 0 atom stereocenters. The smallest absolute Gasteiger partial charge is 0.235 e. The Labute approximate surface area is 127 Å². The second-order valence-corrected chi connectivity index (χ2v) is 5.09. The van der Waals surface area contributed by atoms with Crippen molar-refractivity contribution in [1.29, 1.82) is 0 Å². The molecule has 0 unspecified atom stereocenters. The first kappa shape index (κ1) is 15.1. The van der Waals surface area contributed by atoms with Crippen molar-refractivity contribution in [2.75, 3.05) is 17.7 Å². The number of hydrogen-bond donors (Lipinski definition) is 2. The lowest BCUT2D eigenvalue weighted by Crippen LogP contribution is -2.15. The van der Waals surface area contributed by atoms with Crippen LogP contribution in [0.2, 0.25) is 0 Å². The highest BCUT2D eigenvalue weighted by molar-refractivity contribution is 8.00. The zero-order valence-corrected chi connectivity index (χ0v) is 12.1. The molecule has 0 aliphatic carbocycles. The molecule has 0 bridgehead atoms. The Morgan fingerprint density at radius 1 is 1.29 bits per heavy atom. The van der Waals surface area contributed by atoms with Crippen LogP contribution >= 0.6 is 11.8 Å². The Morgan fingerprint density at radius 2 is 2.10 bits per heavy atom. The monoisotopic (exact) mass is 298 g/mol. The number of carbonyl (C=O) groups is 1. The maximum atomic E-state index is 11.9. The Balaban J connectivity index is 1.90. The summed E-state index contributed by atoms with van der Waals surface area (Å²) in [6.45, 7) is -0.197. The largest absolute Gasteiger partial charge is 0.384 e. The molecule has 2 N–H and O–H groups in total. The van der Waals surface area contributed by atoms with Gasteiger partial charge in [-0.1, -0.05) is 30.0 Å². The lowest BCUT2D eigenvalue weighted by atomic mass is 10.2. The second-order valence-electron chi connectivity index (χ2n) is 4.04. The number of nitrogens with one attached hydrogen (secondary N) is 1. The van der Waals surface area contributed by atoms with E-state index in [4.69, 9.17) is 5.11 Å². The highest BCUT2D eigenvalue weighted by Gasteiger charge is 2.04. The number of aliphatic hydroxyl groups excluding tert-OH is 1. The number of anilines is 1. The Hall–Kier alpha value is -2.29. The Bertz CT molecular complexity index is 663. The molecule has 0 radical (unpaired) electrons. The fourth-order valence-electron chi connectivity index (χ4n) is 1.56. The van der Waals surface area contributed by atoms with Gasteiger partial charge in [-0.2, -0.15) is 0 Å². The summed E-state index contributed by atoms with van der Waals surface area (Å²) in [6.07, 6.45) is 1.57. The molecule has 4 nitrogen and oxygen atoms in total. The predicted molar refractivity (Wildman–Crippen MR) is 84.0 cm³/mol. The van der Waals surface area contributed by atoms with Gasteiger partial charge in [0.2, 0.25) is 5.91 Å².